The average Bonchev–Trinajstić information content (AvgIpc) is 2.70. The van der Waals surface area contributed by atoms with Gasteiger partial charge < -0.3 is 14.7 Å². The number of carboxylic acid groups (broad SMARTS) is 1. The van der Waals surface area contributed by atoms with Crippen LogP contribution < -0.4 is 4.74 Å². The molecule has 0 unspecified atom stereocenters. The minimum Gasteiger partial charge on any atom is -0.492 e. The summed E-state index contributed by atoms with van der Waals surface area (Å²) in [7, 11) is -3.55. The maximum atomic E-state index is 13.3. The van der Waals surface area contributed by atoms with Gasteiger partial charge in [0, 0.05) is 24.0 Å². The first-order chi connectivity index (χ1) is 15.4. The Bertz CT molecular complexity index is 940. The molecule has 4 rings (SSSR count). The number of nitrogens with zero attached hydrogens (tertiary/aromatic N) is 2. The van der Waals surface area contributed by atoms with Crippen LogP contribution in [0.3, 0.4) is 0 Å². The molecular weight excluding hydrogens is 461 g/mol. The normalized spacial score (nSPS) is 23.3. The summed E-state index contributed by atoms with van der Waals surface area (Å²) in [5, 5.41) is 7.12. The number of ether oxygens (including phenoxy) is 1. The first kappa shape index (κ1) is 25.8. The van der Waals surface area contributed by atoms with Gasteiger partial charge in [-0.2, -0.15) is 17.5 Å². The van der Waals surface area contributed by atoms with Crippen LogP contribution in [-0.2, 0) is 14.8 Å². The van der Waals surface area contributed by atoms with Crippen molar-refractivity contribution in [1.29, 1.82) is 0 Å². The molecule has 0 atom stereocenters. The molecule has 0 radical (unpaired) electrons. The second-order valence-electron chi connectivity index (χ2n) is 9.30. The van der Waals surface area contributed by atoms with E-state index in [-0.39, 0.29) is 11.5 Å². The molecule has 2 heterocycles. The fourth-order valence-electron chi connectivity index (χ4n) is 4.48. The molecule has 1 saturated heterocycles. The maximum absolute atomic E-state index is 13.3. The fourth-order valence-corrected chi connectivity index (χ4v) is 6.36. The topological polar surface area (TPSA) is 87.2 Å². The number of carbonyl (C=O) groups is 1. The van der Waals surface area contributed by atoms with Crippen LogP contribution in [-0.4, -0.2) is 73.2 Å². The molecular formula is C22H31F3N2O5S. The van der Waals surface area contributed by atoms with Crippen molar-refractivity contribution < 1.29 is 36.2 Å². The smallest absolute Gasteiger partial charge is 0.490 e. The first-order valence-electron chi connectivity index (χ1n) is 11.1. The Kier molecular flexibility index (Phi) is 7.65. The van der Waals surface area contributed by atoms with Gasteiger partial charge in [0.15, 0.2) is 0 Å². The minimum absolute atomic E-state index is 0.0623. The molecule has 0 aromatic heterocycles. The van der Waals surface area contributed by atoms with Crippen LogP contribution in [0, 0.1) is 5.41 Å². The predicted molar refractivity (Wildman–Crippen MR) is 116 cm³/mol. The number of fused-ring (bicyclic) bond motifs is 1. The Hall–Kier alpha value is -1.85. The van der Waals surface area contributed by atoms with Crippen LogP contribution in [0.1, 0.15) is 46.0 Å². The van der Waals surface area contributed by atoms with Gasteiger partial charge in [0.2, 0.25) is 10.0 Å². The second kappa shape index (κ2) is 9.79. The number of halogens is 3. The van der Waals surface area contributed by atoms with Gasteiger partial charge >= 0.3 is 12.1 Å². The van der Waals surface area contributed by atoms with E-state index in [0.29, 0.717) is 23.8 Å². The number of hydrogen-bond donors (Lipinski definition) is 1. The molecule has 1 N–H and O–H groups in total. The van der Waals surface area contributed by atoms with Gasteiger partial charge in [-0.05, 0) is 64.8 Å². The summed E-state index contributed by atoms with van der Waals surface area (Å²) < 4.78 is 66.2. The third kappa shape index (κ3) is 5.81. The molecule has 0 bridgehead atoms. The van der Waals surface area contributed by atoms with Crippen molar-refractivity contribution in [3.63, 3.8) is 0 Å². The van der Waals surface area contributed by atoms with Gasteiger partial charge in [-0.15, -0.1) is 0 Å². The lowest BCUT2D eigenvalue weighted by Gasteiger charge is -2.48. The molecule has 1 saturated carbocycles. The first-order valence-corrected chi connectivity index (χ1v) is 12.6. The maximum Gasteiger partial charge on any atom is 0.490 e. The van der Waals surface area contributed by atoms with E-state index in [9.17, 15) is 21.6 Å². The standard InChI is InChI=1S/C20H30N2O3S.C2HF3O2/c1-16(2)22-14-20(10-12-21(13-11-20)17-6-5-7-17)15-25-18-8-3-4-9-19(18)26(22,23)24;3-2(4,5)1(6)7/h3-4,8-9,16-17H,5-7,10-15H2,1-2H3;(H,6,7). The van der Waals surface area contributed by atoms with Crippen molar-refractivity contribution in [2.45, 2.75) is 69.1 Å². The van der Waals surface area contributed by atoms with Crippen molar-refractivity contribution in [2.24, 2.45) is 5.41 Å². The summed E-state index contributed by atoms with van der Waals surface area (Å²) in [6, 6.07) is 7.76. The number of piperidine rings is 1. The number of hydrogen-bond acceptors (Lipinski definition) is 5. The molecule has 1 aliphatic carbocycles. The van der Waals surface area contributed by atoms with E-state index in [2.05, 4.69) is 4.90 Å². The highest BCUT2D eigenvalue weighted by molar-refractivity contribution is 7.89. The molecule has 1 aromatic carbocycles. The second-order valence-corrected chi connectivity index (χ2v) is 11.2. The molecule has 3 aliphatic rings. The van der Waals surface area contributed by atoms with Crippen molar-refractivity contribution in [3.05, 3.63) is 24.3 Å². The lowest BCUT2D eigenvalue weighted by atomic mass is 9.77. The van der Waals surface area contributed by atoms with Gasteiger partial charge in [-0.25, -0.2) is 13.2 Å². The Balaban J connectivity index is 0.000000383. The summed E-state index contributed by atoms with van der Waals surface area (Å²) >= 11 is 0. The zero-order chi connectivity index (χ0) is 24.4. The number of para-hydroxylation sites is 1. The van der Waals surface area contributed by atoms with Crippen LogP contribution in [0.25, 0.3) is 0 Å². The Labute approximate surface area is 192 Å². The number of rotatable bonds is 2. The van der Waals surface area contributed by atoms with E-state index in [1.807, 2.05) is 19.9 Å². The van der Waals surface area contributed by atoms with Crippen molar-refractivity contribution in [3.8, 4) is 5.75 Å². The number of alkyl halides is 3. The lowest BCUT2D eigenvalue weighted by Crippen LogP contribution is -2.55. The van der Waals surface area contributed by atoms with Crippen LogP contribution in [0.2, 0.25) is 0 Å². The Morgan fingerprint density at radius 3 is 2.24 bits per heavy atom. The third-order valence-electron chi connectivity index (χ3n) is 6.73. The highest BCUT2D eigenvalue weighted by Gasteiger charge is 2.44. The lowest BCUT2D eigenvalue weighted by molar-refractivity contribution is -0.192. The number of benzene rings is 1. The highest BCUT2D eigenvalue weighted by atomic mass is 32.2. The number of likely N-dealkylation sites (tertiary alicyclic amines) is 1. The average molecular weight is 493 g/mol. The molecule has 33 heavy (non-hydrogen) atoms. The van der Waals surface area contributed by atoms with Gasteiger partial charge in [0.05, 0.1) is 6.61 Å². The Morgan fingerprint density at radius 1 is 1.18 bits per heavy atom. The zero-order valence-corrected chi connectivity index (χ0v) is 19.7. The molecule has 2 aliphatic heterocycles. The molecule has 1 spiro atoms. The number of carboxylic acids is 1. The van der Waals surface area contributed by atoms with E-state index in [1.165, 1.54) is 19.3 Å². The van der Waals surface area contributed by atoms with Gasteiger partial charge in [-0.1, -0.05) is 18.6 Å². The molecule has 2 fully saturated rings. The van der Waals surface area contributed by atoms with Gasteiger partial charge in [0.1, 0.15) is 10.6 Å². The predicted octanol–water partition coefficient (Wildman–Crippen LogP) is 3.75. The van der Waals surface area contributed by atoms with Crippen LogP contribution >= 0.6 is 0 Å². The van der Waals surface area contributed by atoms with Gasteiger partial charge in [0.25, 0.3) is 0 Å². The minimum atomic E-state index is -5.08. The summed E-state index contributed by atoms with van der Waals surface area (Å²) in [5.41, 5.74) is -0.0921. The van der Waals surface area contributed by atoms with Crippen molar-refractivity contribution in [1.82, 2.24) is 9.21 Å². The van der Waals surface area contributed by atoms with E-state index in [4.69, 9.17) is 14.6 Å². The Morgan fingerprint density at radius 2 is 1.76 bits per heavy atom. The van der Waals surface area contributed by atoms with Crippen molar-refractivity contribution in [2.75, 3.05) is 26.2 Å². The van der Waals surface area contributed by atoms with E-state index in [1.54, 1.807) is 22.5 Å². The molecule has 11 heteroatoms. The van der Waals surface area contributed by atoms with Crippen LogP contribution in [0.15, 0.2) is 29.2 Å². The zero-order valence-electron chi connectivity index (χ0n) is 18.8. The van der Waals surface area contributed by atoms with E-state index in [0.717, 1.165) is 32.0 Å². The fraction of sp³-hybridized carbons (Fsp3) is 0.682. The van der Waals surface area contributed by atoms with E-state index < -0.39 is 22.2 Å². The van der Waals surface area contributed by atoms with Crippen molar-refractivity contribution >= 4 is 16.0 Å². The van der Waals surface area contributed by atoms with E-state index >= 15 is 0 Å². The van der Waals surface area contributed by atoms with Crippen LogP contribution in [0.5, 0.6) is 5.75 Å². The number of aliphatic carboxylic acids is 1. The molecule has 7 nitrogen and oxygen atoms in total. The number of sulfonamides is 1. The quantitative estimate of drug-likeness (QED) is 0.677. The summed E-state index contributed by atoms with van der Waals surface area (Å²) in [6.07, 6.45) is 0.924. The summed E-state index contributed by atoms with van der Waals surface area (Å²) in [6.45, 7) is 7.21. The molecule has 0 amide bonds. The third-order valence-corrected chi connectivity index (χ3v) is 8.79. The summed E-state index contributed by atoms with van der Waals surface area (Å²) in [5.74, 6) is -2.26. The monoisotopic (exact) mass is 492 g/mol. The molecule has 186 valence electrons. The SMILES string of the molecule is CC(C)N1CC2(CCN(C3CCC3)CC2)COc2ccccc2S1(=O)=O.O=C(O)C(F)(F)F. The molecule has 1 aromatic rings. The largest absolute Gasteiger partial charge is 0.492 e. The summed E-state index contributed by atoms with van der Waals surface area (Å²) in [4.78, 5) is 11.8. The van der Waals surface area contributed by atoms with Crippen LogP contribution in [0.4, 0.5) is 13.2 Å². The van der Waals surface area contributed by atoms with Gasteiger partial charge in [-0.3, -0.25) is 0 Å². The highest BCUT2D eigenvalue weighted by Crippen LogP contribution is 2.41.